The third-order valence-corrected chi connectivity index (χ3v) is 4.34. The Labute approximate surface area is 137 Å². The second kappa shape index (κ2) is 6.96. The van der Waals surface area contributed by atoms with Crippen LogP contribution in [0.4, 0.5) is 5.69 Å². The molecular weight excluding hydrogens is 354 g/mol. The number of benzene rings is 2. The molecule has 0 amide bonds. The largest absolute Gasteiger partial charge is 0.465 e. The van der Waals surface area contributed by atoms with Crippen molar-refractivity contribution in [2.45, 2.75) is 13.5 Å². The lowest BCUT2D eigenvalue weighted by atomic mass is 10.1. The van der Waals surface area contributed by atoms with E-state index in [0.29, 0.717) is 17.1 Å². The van der Waals surface area contributed by atoms with E-state index in [4.69, 9.17) is 16.3 Å². The molecule has 0 aromatic heterocycles. The van der Waals surface area contributed by atoms with Gasteiger partial charge in [-0.05, 0) is 58.2 Å². The first-order valence-corrected chi connectivity index (χ1v) is 7.55. The van der Waals surface area contributed by atoms with Crippen molar-refractivity contribution in [2.75, 3.05) is 12.4 Å². The van der Waals surface area contributed by atoms with Gasteiger partial charge in [-0.15, -0.1) is 0 Å². The van der Waals surface area contributed by atoms with Crippen molar-refractivity contribution in [1.29, 1.82) is 0 Å². The van der Waals surface area contributed by atoms with Crippen LogP contribution in [0.5, 0.6) is 0 Å². The summed E-state index contributed by atoms with van der Waals surface area (Å²) in [6, 6.07) is 11.2. The number of carbonyl (C=O) groups is 1. The zero-order valence-corrected chi connectivity index (χ0v) is 14.1. The summed E-state index contributed by atoms with van der Waals surface area (Å²) in [6.45, 7) is 2.63. The molecule has 2 aromatic rings. The first-order valence-electron chi connectivity index (χ1n) is 6.38. The van der Waals surface area contributed by atoms with Crippen LogP contribution in [-0.2, 0) is 11.3 Å². The maximum Gasteiger partial charge on any atom is 0.337 e. The quantitative estimate of drug-likeness (QED) is 0.787. The van der Waals surface area contributed by atoms with Gasteiger partial charge in [-0.3, -0.25) is 0 Å². The smallest absolute Gasteiger partial charge is 0.337 e. The van der Waals surface area contributed by atoms with Gasteiger partial charge in [-0.1, -0.05) is 23.7 Å². The summed E-state index contributed by atoms with van der Waals surface area (Å²) in [4.78, 5) is 11.6. The molecule has 3 nitrogen and oxygen atoms in total. The Morgan fingerprint density at radius 3 is 2.71 bits per heavy atom. The van der Waals surface area contributed by atoms with Crippen LogP contribution in [-0.4, -0.2) is 13.1 Å². The molecule has 2 rings (SSSR count). The van der Waals surface area contributed by atoms with Gasteiger partial charge in [-0.2, -0.15) is 0 Å². The van der Waals surface area contributed by atoms with Gasteiger partial charge in [0.2, 0.25) is 0 Å². The Kier molecular flexibility index (Phi) is 5.26. The minimum atomic E-state index is -0.340. The lowest BCUT2D eigenvalue weighted by molar-refractivity contribution is 0.0601. The molecule has 0 bridgehead atoms. The first-order chi connectivity index (χ1) is 10.0. The number of rotatable bonds is 4. The third-order valence-electron chi connectivity index (χ3n) is 3.13. The van der Waals surface area contributed by atoms with E-state index in [-0.39, 0.29) is 5.97 Å². The number of anilines is 1. The molecule has 0 aliphatic rings. The van der Waals surface area contributed by atoms with E-state index >= 15 is 0 Å². The van der Waals surface area contributed by atoms with Gasteiger partial charge in [0, 0.05) is 16.7 Å². The molecule has 0 fully saturated rings. The second-order valence-electron chi connectivity index (χ2n) is 4.62. The van der Waals surface area contributed by atoms with Crippen molar-refractivity contribution in [3.8, 4) is 0 Å². The molecule has 0 saturated carbocycles. The highest BCUT2D eigenvalue weighted by Gasteiger charge is 2.08. The van der Waals surface area contributed by atoms with Crippen molar-refractivity contribution in [3.63, 3.8) is 0 Å². The summed E-state index contributed by atoms with van der Waals surface area (Å²) < 4.78 is 5.60. The Bertz CT molecular complexity index is 673. The molecule has 0 aliphatic heterocycles. The van der Waals surface area contributed by atoms with Crippen LogP contribution in [0.3, 0.4) is 0 Å². The Hall–Kier alpha value is -1.52. The fourth-order valence-corrected chi connectivity index (χ4v) is 2.45. The molecule has 0 spiro atoms. The van der Waals surface area contributed by atoms with Crippen LogP contribution >= 0.6 is 27.5 Å². The minimum Gasteiger partial charge on any atom is -0.465 e. The minimum absolute atomic E-state index is 0.340. The standard InChI is InChI=1S/C16H15BrClNO2/c1-10-3-5-12(16(20)21-2)8-15(10)19-9-11-4-6-14(18)13(17)7-11/h3-8,19H,9H2,1-2H3. The fraction of sp³-hybridized carbons (Fsp3) is 0.188. The van der Waals surface area contributed by atoms with E-state index in [1.165, 1.54) is 7.11 Å². The molecule has 0 atom stereocenters. The van der Waals surface area contributed by atoms with E-state index in [9.17, 15) is 4.79 Å². The fourth-order valence-electron chi connectivity index (χ4n) is 1.90. The molecule has 0 heterocycles. The molecule has 1 N–H and O–H groups in total. The number of nitrogens with one attached hydrogen (secondary N) is 1. The maximum atomic E-state index is 11.6. The number of hydrogen-bond acceptors (Lipinski definition) is 3. The van der Waals surface area contributed by atoms with Crippen molar-refractivity contribution in [3.05, 3.63) is 62.6 Å². The number of hydrogen-bond donors (Lipinski definition) is 1. The van der Waals surface area contributed by atoms with Gasteiger partial charge >= 0.3 is 5.97 Å². The molecule has 110 valence electrons. The summed E-state index contributed by atoms with van der Waals surface area (Å²) in [5, 5.41) is 4.01. The lowest BCUT2D eigenvalue weighted by Crippen LogP contribution is -2.05. The number of carbonyl (C=O) groups excluding carboxylic acids is 1. The molecule has 0 saturated heterocycles. The van der Waals surface area contributed by atoms with Gasteiger partial charge in [0.25, 0.3) is 0 Å². The molecule has 0 unspecified atom stereocenters. The monoisotopic (exact) mass is 367 g/mol. The molecule has 0 radical (unpaired) electrons. The van der Waals surface area contributed by atoms with Gasteiger partial charge in [0.1, 0.15) is 0 Å². The predicted molar refractivity (Wildman–Crippen MR) is 89.0 cm³/mol. The number of halogens is 2. The van der Waals surface area contributed by atoms with E-state index in [1.807, 2.05) is 31.2 Å². The number of methoxy groups -OCH3 is 1. The number of ether oxygens (including phenoxy) is 1. The van der Waals surface area contributed by atoms with Gasteiger partial charge in [0.05, 0.1) is 17.7 Å². The van der Waals surface area contributed by atoms with E-state index in [0.717, 1.165) is 21.3 Å². The van der Waals surface area contributed by atoms with Crippen LogP contribution < -0.4 is 5.32 Å². The summed E-state index contributed by atoms with van der Waals surface area (Å²) in [5.74, 6) is -0.340. The summed E-state index contributed by atoms with van der Waals surface area (Å²) >= 11 is 9.38. The second-order valence-corrected chi connectivity index (χ2v) is 5.88. The average Bonchev–Trinajstić information content (AvgIpc) is 2.49. The van der Waals surface area contributed by atoms with Gasteiger partial charge in [-0.25, -0.2) is 4.79 Å². The highest BCUT2D eigenvalue weighted by Crippen LogP contribution is 2.24. The normalized spacial score (nSPS) is 10.3. The van der Waals surface area contributed by atoms with Crippen LogP contribution in [0.1, 0.15) is 21.5 Å². The average molecular weight is 369 g/mol. The van der Waals surface area contributed by atoms with Crippen LogP contribution in [0.15, 0.2) is 40.9 Å². The van der Waals surface area contributed by atoms with E-state index in [2.05, 4.69) is 21.2 Å². The molecular formula is C16H15BrClNO2. The predicted octanol–water partition coefficient (Wildman–Crippen LogP) is 4.81. The SMILES string of the molecule is COC(=O)c1ccc(C)c(NCc2ccc(Cl)c(Br)c2)c1. The van der Waals surface area contributed by atoms with Gasteiger partial charge in [0.15, 0.2) is 0 Å². The Balaban J connectivity index is 2.15. The molecule has 5 heteroatoms. The van der Waals surface area contributed by atoms with Crippen LogP contribution in [0.25, 0.3) is 0 Å². The van der Waals surface area contributed by atoms with Gasteiger partial charge < -0.3 is 10.1 Å². The number of aryl methyl sites for hydroxylation is 1. The van der Waals surface area contributed by atoms with Crippen molar-refractivity contribution < 1.29 is 9.53 Å². The highest BCUT2D eigenvalue weighted by atomic mass is 79.9. The summed E-state index contributed by atoms with van der Waals surface area (Å²) in [6.07, 6.45) is 0. The number of esters is 1. The van der Waals surface area contributed by atoms with Crippen molar-refractivity contribution in [2.24, 2.45) is 0 Å². The lowest BCUT2D eigenvalue weighted by Gasteiger charge is -2.11. The zero-order valence-electron chi connectivity index (χ0n) is 11.7. The van der Waals surface area contributed by atoms with E-state index < -0.39 is 0 Å². The van der Waals surface area contributed by atoms with Crippen molar-refractivity contribution >= 4 is 39.2 Å². The highest BCUT2D eigenvalue weighted by molar-refractivity contribution is 9.10. The van der Waals surface area contributed by atoms with Crippen LogP contribution in [0, 0.1) is 6.92 Å². The van der Waals surface area contributed by atoms with Crippen molar-refractivity contribution in [1.82, 2.24) is 0 Å². The first kappa shape index (κ1) is 15.9. The summed E-state index contributed by atoms with van der Waals surface area (Å²) in [5.41, 5.74) is 3.59. The third kappa shape index (κ3) is 3.99. The summed E-state index contributed by atoms with van der Waals surface area (Å²) in [7, 11) is 1.38. The molecule has 21 heavy (non-hydrogen) atoms. The maximum absolute atomic E-state index is 11.6. The zero-order chi connectivity index (χ0) is 15.4. The van der Waals surface area contributed by atoms with Crippen LogP contribution in [0.2, 0.25) is 5.02 Å². The Morgan fingerprint density at radius 1 is 1.29 bits per heavy atom. The molecule has 0 aliphatic carbocycles. The molecule has 2 aromatic carbocycles. The van der Waals surface area contributed by atoms with E-state index in [1.54, 1.807) is 12.1 Å². The topological polar surface area (TPSA) is 38.3 Å². The Morgan fingerprint density at radius 2 is 2.05 bits per heavy atom.